The van der Waals surface area contributed by atoms with Gasteiger partial charge in [0.1, 0.15) is 13.7 Å². The normalized spacial score (nSPS) is 25.7. The topological polar surface area (TPSA) is 49.7 Å². The Morgan fingerprint density at radius 3 is 2.78 bits per heavy atom. The van der Waals surface area contributed by atoms with Crippen LogP contribution in [0.25, 0.3) is 10.1 Å². The molecule has 3 aromatic rings. The summed E-state index contributed by atoms with van der Waals surface area (Å²) in [5.74, 6) is -0.352. The molecule has 0 saturated carbocycles. The lowest BCUT2D eigenvalue weighted by Gasteiger charge is -2.38. The molecule has 3 nitrogen and oxygen atoms in total. The van der Waals surface area contributed by atoms with Crippen molar-refractivity contribution in [1.29, 1.82) is 0 Å². The average molecular weight is 384 g/mol. The standard InChI is InChI=1S/C21H22BFO3S/c22-20-18(25)10-15(11-24)26-21(20)13-5-6-17(23)14(7-13)9-16-8-12-3-1-2-4-19(12)27-16/h1-8,15,18,20-21,24-25H,9-11,22H2. The third-order valence-electron chi connectivity index (χ3n) is 5.37. The molecule has 2 aromatic carbocycles. The summed E-state index contributed by atoms with van der Waals surface area (Å²) in [5, 5.41) is 20.9. The van der Waals surface area contributed by atoms with Gasteiger partial charge in [-0.15, -0.1) is 11.3 Å². The molecule has 27 heavy (non-hydrogen) atoms. The Morgan fingerprint density at radius 2 is 2.00 bits per heavy atom. The second-order valence-electron chi connectivity index (χ2n) is 7.30. The molecular formula is C21H22BFO3S. The van der Waals surface area contributed by atoms with Gasteiger partial charge in [0, 0.05) is 22.4 Å². The second kappa shape index (κ2) is 7.72. The fraction of sp³-hybridized carbons (Fsp3) is 0.333. The van der Waals surface area contributed by atoms with Crippen LogP contribution >= 0.6 is 11.3 Å². The van der Waals surface area contributed by atoms with Crippen molar-refractivity contribution >= 4 is 29.3 Å². The number of hydrogen-bond acceptors (Lipinski definition) is 4. The van der Waals surface area contributed by atoms with E-state index in [2.05, 4.69) is 18.2 Å². The zero-order chi connectivity index (χ0) is 19.0. The van der Waals surface area contributed by atoms with Crippen LogP contribution in [-0.4, -0.2) is 36.9 Å². The van der Waals surface area contributed by atoms with Crippen molar-refractivity contribution in [2.24, 2.45) is 0 Å². The number of ether oxygens (including phenoxy) is 1. The first kappa shape index (κ1) is 18.6. The molecule has 4 rings (SSSR count). The highest BCUT2D eigenvalue weighted by Crippen LogP contribution is 2.39. The van der Waals surface area contributed by atoms with Crippen molar-refractivity contribution in [2.45, 2.75) is 37.0 Å². The van der Waals surface area contributed by atoms with Crippen LogP contribution in [0.3, 0.4) is 0 Å². The SMILES string of the molecule is BC1C(O)CC(CO)OC1c1ccc(F)c(Cc2cc3ccccc3s2)c1. The highest BCUT2D eigenvalue weighted by Gasteiger charge is 2.35. The summed E-state index contributed by atoms with van der Waals surface area (Å²) >= 11 is 1.68. The Bertz CT molecular complexity index is 911. The number of thiophene rings is 1. The monoisotopic (exact) mass is 384 g/mol. The molecule has 6 heteroatoms. The zero-order valence-electron chi connectivity index (χ0n) is 15.1. The quantitative estimate of drug-likeness (QED) is 0.679. The average Bonchev–Trinajstić information content (AvgIpc) is 3.08. The third kappa shape index (κ3) is 3.80. The van der Waals surface area contributed by atoms with E-state index in [4.69, 9.17) is 4.74 Å². The molecule has 0 amide bonds. The van der Waals surface area contributed by atoms with Gasteiger partial charge in [-0.1, -0.05) is 24.3 Å². The smallest absolute Gasteiger partial charge is 0.126 e. The van der Waals surface area contributed by atoms with Gasteiger partial charge in [0.05, 0.1) is 24.9 Å². The van der Waals surface area contributed by atoms with Crippen molar-refractivity contribution in [1.82, 2.24) is 0 Å². The molecule has 4 unspecified atom stereocenters. The van der Waals surface area contributed by atoms with E-state index in [0.717, 1.165) is 10.4 Å². The van der Waals surface area contributed by atoms with Crippen LogP contribution < -0.4 is 0 Å². The molecule has 0 aliphatic carbocycles. The molecule has 140 valence electrons. The van der Waals surface area contributed by atoms with E-state index in [-0.39, 0.29) is 24.3 Å². The summed E-state index contributed by atoms with van der Waals surface area (Å²) in [6.45, 7) is -0.129. The van der Waals surface area contributed by atoms with E-state index in [1.807, 2.05) is 26.0 Å². The first-order valence-electron chi connectivity index (χ1n) is 9.25. The molecule has 1 aliphatic heterocycles. The second-order valence-corrected chi connectivity index (χ2v) is 8.47. The molecule has 1 fully saturated rings. The summed E-state index contributed by atoms with van der Waals surface area (Å²) in [4.78, 5) is 1.11. The molecule has 2 N–H and O–H groups in total. The minimum absolute atomic E-state index is 0.115. The fourth-order valence-electron chi connectivity index (χ4n) is 3.79. The van der Waals surface area contributed by atoms with Crippen molar-refractivity contribution in [3.8, 4) is 0 Å². The summed E-state index contributed by atoms with van der Waals surface area (Å²) < 4.78 is 21.6. The van der Waals surface area contributed by atoms with Gasteiger partial charge in [0.2, 0.25) is 0 Å². The number of benzene rings is 2. The van der Waals surface area contributed by atoms with Crippen molar-refractivity contribution in [2.75, 3.05) is 6.61 Å². The van der Waals surface area contributed by atoms with Crippen molar-refractivity contribution in [3.05, 3.63) is 70.4 Å². The first-order chi connectivity index (χ1) is 13.0. The summed E-state index contributed by atoms with van der Waals surface area (Å²) in [6.07, 6.45) is -0.349. The van der Waals surface area contributed by atoms with Gasteiger partial charge < -0.3 is 14.9 Å². The highest BCUT2D eigenvalue weighted by molar-refractivity contribution is 7.19. The van der Waals surface area contributed by atoms with Crippen molar-refractivity contribution < 1.29 is 19.3 Å². The van der Waals surface area contributed by atoms with Gasteiger partial charge in [0.25, 0.3) is 0 Å². The van der Waals surface area contributed by atoms with Crippen LogP contribution in [0.5, 0.6) is 0 Å². The highest BCUT2D eigenvalue weighted by atomic mass is 32.1. The molecule has 0 bridgehead atoms. The van der Waals surface area contributed by atoms with Crippen LogP contribution in [0.2, 0.25) is 5.82 Å². The fourth-order valence-corrected chi connectivity index (χ4v) is 4.88. The first-order valence-corrected chi connectivity index (χ1v) is 10.1. The molecule has 1 saturated heterocycles. The summed E-state index contributed by atoms with van der Waals surface area (Å²) in [6, 6.07) is 15.3. The molecule has 0 spiro atoms. The van der Waals surface area contributed by atoms with E-state index in [1.54, 1.807) is 17.4 Å². The number of aliphatic hydroxyl groups excluding tert-OH is 2. The Kier molecular flexibility index (Phi) is 5.33. The van der Waals surface area contributed by atoms with Crippen LogP contribution in [-0.2, 0) is 11.2 Å². The Balaban J connectivity index is 1.62. The largest absolute Gasteiger partial charge is 0.394 e. The van der Waals surface area contributed by atoms with Crippen LogP contribution in [0.1, 0.15) is 28.5 Å². The maximum Gasteiger partial charge on any atom is 0.126 e. The zero-order valence-corrected chi connectivity index (χ0v) is 16.0. The van der Waals surface area contributed by atoms with Gasteiger partial charge in [-0.2, -0.15) is 0 Å². The third-order valence-corrected chi connectivity index (χ3v) is 6.49. The minimum atomic E-state index is -0.544. The van der Waals surface area contributed by atoms with E-state index >= 15 is 0 Å². The molecule has 4 atom stereocenters. The van der Waals surface area contributed by atoms with Gasteiger partial charge in [0.15, 0.2) is 0 Å². The van der Waals surface area contributed by atoms with E-state index in [1.165, 1.54) is 16.2 Å². The van der Waals surface area contributed by atoms with E-state index in [0.29, 0.717) is 18.4 Å². The molecular weight excluding hydrogens is 362 g/mol. The molecule has 1 aromatic heterocycles. The lowest BCUT2D eigenvalue weighted by Crippen LogP contribution is -2.38. The number of rotatable bonds is 4. The number of fused-ring (bicyclic) bond motifs is 1. The minimum Gasteiger partial charge on any atom is -0.394 e. The van der Waals surface area contributed by atoms with Gasteiger partial charge in [-0.05, 0) is 46.6 Å². The van der Waals surface area contributed by atoms with Crippen LogP contribution in [0, 0.1) is 5.82 Å². The summed E-state index contributed by atoms with van der Waals surface area (Å²) in [7, 11) is 1.93. The summed E-state index contributed by atoms with van der Waals surface area (Å²) in [5.41, 5.74) is 1.47. The Labute approximate surface area is 162 Å². The predicted octanol–water partition coefficient (Wildman–Crippen LogP) is 3.24. The predicted molar refractivity (Wildman–Crippen MR) is 109 cm³/mol. The van der Waals surface area contributed by atoms with E-state index in [9.17, 15) is 14.6 Å². The number of aliphatic hydroxyl groups is 2. The Morgan fingerprint density at radius 1 is 1.19 bits per heavy atom. The van der Waals surface area contributed by atoms with Crippen molar-refractivity contribution in [3.63, 3.8) is 0 Å². The lowest BCUT2D eigenvalue weighted by molar-refractivity contribution is -0.112. The maximum atomic E-state index is 14.5. The molecule has 0 radical (unpaired) electrons. The van der Waals surface area contributed by atoms with Gasteiger partial charge in [-0.25, -0.2) is 4.39 Å². The van der Waals surface area contributed by atoms with Gasteiger partial charge >= 0.3 is 0 Å². The Hall–Kier alpha value is -1.73. The van der Waals surface area contributed by atoms with Gasteiger partial charge in [-0.3, -0.25) is 0 Å². The number of halogens is 1. The van der Waals surface area contributed by atoms with Crippen LogP contribution in [0.15, 0.2) is 48.5 Å². The number of hydrogen-bond donors (Lipinski definition) is 2. The lowest BCUT2D eigenvalue weighted by atomic mass is 9.72. The molecule has 2 heterocycles. The van der Waals surface area contributed by atoms with Crippen LogP contribution in [0.4, 0.5) is 4.39 Å². The van der Waals surface area contributed by atoms with E-state index < -0.39 is 12.2 Å². The molecule has 1 aliphatic rings. The maximum absolute atomic E-state index is 14.5.